The van der Waals surface area contributed by atoms with Gasteiger partial charge < -0.3 is 24.9 Å². The minimum atomic E-state index is -1.90. The number of hydroxylamine groups is 1. The van der Waals surface area contributed by atoms with Gasteiger partial charge in [-0.15, -0.1) is 5.48 Å². The molecule has 0 aliphatic carbocycles. The molecule has 248 valence electrons. The van der Waals surface area contributed by atoms with Gasteiger partial charge >= 0.3 is 5.97 Å². The molecule has 9 nitrogen and oxygen atoms in total. The number of unbranched alkanes of at least 4 members (excludes halogenated alkanes) is 1. The molecule has 0 heterocycles. The van der Waals surface area contributed by atoms with Crippen molar-refractivity contribution in [3.63, 3.8) is 0 Å². The van der Waals surface area contributed by atoms with E-state index in [-0.39, 0.29) is 32.5 Å². The SMILES string of the molecule is CCCC[C@H](NC(=O)[C@@H](CC(=O)OCc1ccccc1)Cc1ccccc1)C(=O)COc1c(F)c(F)c(ONCNC)c(F)c1F. The number of esters is 1. The van der Waals surface area contributed by atoms with E-state index in [1.807, 2.05) is 13.0 Å². The molecule has 0 spiro atoms. The summed E-state index contributed by atoms with van der Waals surface area (Å²) in [5.74, 6) is -13.3. The summed E-state index contributed by atoms with van der Waals surface area (Å²) in [5, 5.41) is 5.18. The van der Waals surface area contributed by atoms with E-state index in [4.69, 9.17) is 9.47 Å². The summed E-state index contributed by atoms with van der Waals surface area (Å²) in [4.78, 5) is 44.0. The van der Waals surface area contributed by atoms with E-state index in [1.54, 1.807) is 54.6 Å². The molecular weight excluding hydrogens is 610 g/mol. The number of nitrogens with one attached hydrogen (secondary N) is 3. The summed E-state index contributed by atoms with van der Waals surface area (Å²) in [6.07, 6.45) is 1.13. The normalized spacial score (nSPS) is 12.2. The average molecular weight is 648 g/mol. The highest BCUT2D eigenvalue weighted by Gasteiger charge is 2.31. The molecule has 3 aromatic rings. The molecule has 0 saturated carbocycles. The van der Waals surface area contributed by atoms with Gasteiger partial charge in [-0.25, -0.2) is 0 Å². The van der Waals surface area contributed by atoms with Crippen molar-refractivity contribution in [2.24, 2.45) is 5.92 Å². The highest BCUT2D eigenvalue weighted by Crippen LogP contribution is 2.34. The van der Waals surface area contributed by atoms with E-state index in [0.717, 1.165) is 11.1 Å². The number of amides is 1. The molecule has 0 saturated heterocycles. The van der Waals surface area contributed by atoms with Crippen LogP contribution in [0.1, 0.15) is 43.7 Å². The molecule has 1 amide bonds. The number of carbonyl (C=O) groups excluding carboxylic acids is 3. The molecule has 13 heteroatoms. The van der Waals surface area contributed by atoms with Crippen LogP contribution in [0.15, 0.2) is 60.7 Å². The smallest absolute Gasteiger partial charge is 0.306 e. The largest absolute Gasteiger partial charge is 0.479 e. The second kappa shape index (κ2) is 18.5. The highest BCUT2D eigenvalue weighted by molar-refractivity contribution is 5.91. The Morgan fingerprint density at radius 3 is 2.00 bits per heavy atom. The summed E-state index contributed by atoms with van der Waals surface area (Å²) in [7, 11) is 1.49. The first kappa shape index (κ1) is 36.0. The maximum absolute atomic E-state index is 14.6. The first-order chi connectivity index (χ1) is 22.2. The van der Waals surface area contributed by atoms with Crippen LogP contribution >= 0.6 is 0 Å². The Hall–Kier alpha value is -4.49. The molecule has 0 bridgehead atoms. The molecule has 0 unspecified atom stereocenters. The van der Waals surface area contributed by atoms with E-state index < -0.39 is 71.0 Å². The fourth-order valence-corrected chi connectivity index (χ4v) is 4.40. The van der Waals surface area contributed by atoms with Crippen molar-refractivity contribution in [1.29, 1.82) is 0 Å². The van der Waals surface area contributed by atoms with Gasteiger partial charge in [-0.3, -0.25) is 14.4 Å². The number of benzene rings is 3. The molecule has 0 radical (unpaired) electrons. The van der Waals surface area contributed by atoms with E-state index in [2.05, 4.69) is 21.0 Å². The summed E-state index contributed by atoms with van der Waals surface area (Å²) < 4.78 is 68.4. The second-order valence-corrected chi connectivity index (χ2v) is 10.4. The van der Waals surface area contributed by atoms with E-state index in [9.17, 15) is 31.9 Å². The molecule has 3 aromatic carbocycles. The summed E-state index contributed by atoms with van der Waals surface area (Å²) in [5.41, 5.74) is 3.61. The third-order valence-electron chi connectivity index (χ3n) is 6.87. The van der Waals surface area contributed by atoms with Crippen molar-refractivity contribution in [2.75, 3.05) is 20.3 Å². The Balaban J connectivity index is 1.73. The summed E-state index contributed by atoms with van der Waals surface area (Å²) in [6, 6.07) is 16.8. The van der Waals surface area contributed by atoms with Crippen molar-refractivity contribution in [3.05, 3.63) is 95.1 Å². The summed E-state index contributed by atoms with van der Waals surface area (Å²) >= 11 is 0. The van der Waals surface area contributed by atoms with Crippen LogP contribution in [-0.4, -0.2) is 44.0 Å². The Labute approximate surface area is 264 Å². The topological polar surface area (TPSA) is 115 Å². The van der Waals surface area contributed by atoms with E-state index >= 15 is 0 Å². The molecule has 0 fully saturated rings. The minimum absolute atomic E-state index is 0.0160. The lowest BCUT2D eigenvalue weighted by Crippen LogP contribution is -2.46. The lowest BCUT2D eigenvalue weighted by Gasteiger charge is -2.22. The number of carbonyl (C=O) groups is 3. The van der Waals surface area contributed by atoms with Gasteiger partial charge in [0.15, 0.2) is 11.5 Å². The van der Waals surface area contributed by atoms with Crippen LogP contribution in [0.25, 0.3) is 0 Å². The van der Waals surface area contributed by atoms with Crippen molar-refractivity contribution in [2.45, 2.75) is 51.7 Å². The first-order valence-electron chi connectivity index (χ1n) is 14.8. The van der Waals surface area contributed by atoms with Crippen LogP contribution in [0, 0.1) is 29.2 Å². The molecule has 3 rings (SSSR count). The van der Waals surface area contributed by atoms with Crippen molar-refractivity contribution in [3.8, 4) is 11.5 Å². The molecule has 2 atom stereocenters. The first-order valence-corrected chi connectivity index (χ1v) is 14.8. The van der Waals surface area contributed by atoms with Crippen LogP contribution in [0.2, 0.25) is 0 Å². The van der Waals surface area contributed by atoms with Gasteiger partial charge in [0.1, 0.15) is 13.2 Å². The van der Waals surface area contributed by atoms with E-state index in [0.29, 0.717) is 12.8 Å². The van der Waals surface area contributed by atoms with Gasteiger partial charge in [-0.2, -0.15) is 17.6 Å². The van der Waals surface area contributed by atoms with Crippen LogP contribution in [0.3, 0.4) is 0 Å². The zero-order valence-corrected chi connectivity index (χ0v) is 25.5. The molecule has 46 heavy (non-hydrogen) atoms. The van der Waals surface area contributed by atoms with Crippen molar-refractivity contribution < 1.29 is 46.3 Å². The standard InChI is InChI=1S/C33H37F4N3O6/c1-3-4-15-24(25(41)19-45-31-27(34)29(36)32(30(37)28(31)35)46-39-20-38-2)40-33(43)23(16-21-11-7-5-8-12-21)17-26(42)44-18-22-13-9-6-10-14-22/h5-14,23-24,38-39H,3-4,15-20H2,1-2H3,(H,40,43)/t23-,24+/m1/s1. The van der Waals surface area contributed by atoms with Gasteiger partial charge in [0.25, 0.3) is 0 Å². The van der Waals surface area contributed by atoms with Crippen LogP contribution in [0.5, 0.6) is 11.5 Å². The molecule has 3 N–H and O–H groups in total. The van der Waals surface area contributed by atoms with Gasteiger partial charge in [0.2, 0.25) is 34.9 Å². The maximum atomic E-state index is 14.6. The number of ketones is 1. The zero-order chi connectivity index (χ0) is 33.5. The summed E-state index contributed by atoms with van der Waals surface area (Å²) in [6.45, 7) is 0.761. The Morgan fingerprint density at radius 2 is 1.41 bits per heavy atom. The fourth-order valence-electron chi connectivity index (χ4n) is 4.40. The number of ether oxygens (including phenoxy) is 2. The quantitative estimate of drug-likeness (QED) is 0.0420. The number of Topliss-reactive ketones (excluding diaryl/α,β-unsaturated/α-hetero) is 1. The van der Waals surface area contributed by atoms with Gasteiger partial charge in [-0.1, -0.05) is 80.4 Å². The predicted octanol–water partition coefficient (Wildman–Crippen LogP) is 4.92. The number of halogens is 4. The van der Waals surface area contributed by atoms with Crippen molar-refractivity contribution in [1.82, 2.24) is 16.1 Å². The van der Waals surface area contributed by atoms with Gasteiger partial charge in [0.05, 0.1) is 25.0 Å². The number of hydrogen-bond donors (Lipinski definition) is 3. The van der Waals surface area contributed by atoms with Gasteiger partial charge in [-0.05, 0) is 31.0 Å². The Kier molecular flexibility index (Phi) is 14.4. The Bertz CT molecular complexity index is 1420. The lowest BCUT2D eigenvalue weighted by molar-refractivity contribution is -0.148. The zero-order valence-electron chi connectivity index (χ0n) is 25.5. The maximum Gasteiger partial charge on any atom is 0.306 e. The average Bonchev–Trinajstić information content (AvgIpc) is 3.06. The fraction of sp³-hybridized carbons (Fsp3) is 0.364. The molecular formula is C33H37F4N3O6. The second-order valence-electron chi connectivity index (χ2n) is 10.4. The predicted molar refractivity (Wildman–Crippen MR) is 160 cm³/mol. The van der Waals surface area contributed by atoms with Crippen molar-refractivity contribution >= 4 is 17.7 Å². The van der Waals surface area contributed by atoms with Crippen LogP contribution in [0.4, 0.5) is 17.6 Å². The monoisotopic (exact) mass is 647 g/mol. The number of hydrogen-bond acceptors (Lipinski definition) is 8. The molecule has 0 aliphatic rings. The van der Waals surface area contributed by atoms with E-state index in [1.165, 1.54) is 7.05 Å². The Morgan fingerprint density at radius 1 is 0.826 bits per heavy atom. The third-order valence-corrected chi connectivity index (χ3v) is 6.87. The molecule has 0 aromatic heterocycles. The van der Waals surface area contributed by atoms with Crippen LogP contribution in [-0.2, 0) is 32.1 Å². The molecule has 0 aliphatic heterocycles. The minimum Gasteiger partial charge on any atom is -0.479 e. The van der Waals surface area contributed by atoms with Crippen LogP contribution < -0.4 is 25.7 Å². The lowest BCUT2D eigenvalue weighted by atomic mass is 9.94. The van der Waals surface area contributed by atoms with Gasteiger partial charge in [0, 0.05) is 0 Å². The highest BCUT2D eigenvalue weighted by atomic mass is 19.2. The third kappa shape index (κ3) is 10.6. The number of rotatable bonds is 19.